The SMILES string of the molecule is CCCNc1ccc2c(c1)C(=O)N(C1CCC(=O)NC1=O)C2O. The summed E-state index contributed by atoms with van der Waals surface area (Å²) in [5.74, 6) is -1.27. The minimum Gasteiger partial charge on any atom is -0.385 e. The monoisotopic (exact) mass is 317 g/mol. The molecule has 0 spiro atoms. The van der Waals surface area contributed by atoms with Crippen molar-refractivity contribution < 1.29 is 19.5 Å². The fourth-order valence-electron chi connectivity index (χ4n) is 3.01. The number of carbonyl (C=O) groups excluding carboxylic acids is 3. The van der Waals surface area contributed by atoms with Crippen LogP contribution < -0.4 is 10.6 Å². The second-order valence-corrected chi connectivity index (χ2v) is 5.78. The third kappa shape index (κ3) is 2.68. The predicted molar refractivity (Wildman–Crippen MR) is 82.5 cm³/mol. The minimum absolute atomic E-state index is 0.159. The lowest BCUT2D eigenvalue weighted by molar-refractivity contribution is -0.139. The molecule has 1 saturated heterocycles. The van der Waals surface area contributed by atoms with Crippen LogP contribution in [0, 0.1) is 0 Å². The second-order valence-electron chi connectivity index (χ2n) is 5.78. The lowest BCUT2D eigenvalue weighted by atomic mass is 10.0. The smallest absolute Gasteiger partial charge is 0.257 e. The quantitative estimate of drug-likeness (QED) is 0.712. The summed E-state index contributed by atoms with van der Waals surface area (Å²) in [5, 5.41) is 15.8. The molecule has 0 aromatic heterocycles. The molecule has 2 atom stereocenters. The van der Waals surface area contributed by atoms with Crippen molar-refractivity contribution in [2.75, 3.05) is 11.9 Å². The van der Waals surface area contributed by atoms with E-state index < -0.39 is 18.2 Å². The van der Waals surface area contributed by atoms with E-state index in [1.165, 1.54) is 0 Å². The maximum absolute atomic E-state index is 12.6. The zero-order valence-electron chi connectivity index (χ0n) is 12.8. The van der Waals surface area contributed by atoms with Crippen LogP contribution in [0.15, 0.2) is 18.2 Å². The fourth-order valence-corrected chi connectivity index (χ4v) is 3.01. The molecule has 3 amide bonds. The number of benzene rings is 1. The molecule has 7 heteroatoms. The van der Waals surface area contributed by atoms with Gasteiger partial charge < -0.3 is 10.4 Å². The topological polar surface area (TPSA) is 98.7 Å². The van der Waals surface area contributed by atoms with E-state index in [0.717, 1.165) is 23.6 Å². The van der Waals surface area contributed by atoms with Crippen LogP contribution in [0.2, 0.25) is 0 Å². The molecule has 1 fully saturated rings. The van der Waals surface area contributed by atoms with Gasteiger partial charge in [-0.05, 0) is 25.0 Å². The minimum atomic E-state index is -1.17. The zero-order valence-corrected chi connectivity index (χ0v) is 12.8. The molecular formula is C16H19N3O4. The number of fused-ring (bicyclic) bond motifs is 1. The molecule has 2 heterocycles. The Morgan fingerprint density at radius 2 is 2.13 bits per heavy atom. The average Bonchev–Trinajstić information content (AvgIpc) is 2.77. The number of carbonyl (C=O) groups is 3. The molecule has 2 unspecified atom stereocenters. The summed E-state index contributed by atoms with van der Waals surface area (Å²) >= 11 is 0. The normalized spacial score (nSPS) is 23.7. The second kappa shape index (κ2) is 6.00. The Hall–Kier alpha value is -2.41. The predicted octanol–water partition coefficient (Wildman–Crippen LogP) is 0.760. The first-order valence-electron chi connectivity index (χ1n) is 7.75. The van der Waals surface area contributed by atoms with Gasteiger partial charge in [0.25, 0.3) is 5.91 Å². The first kappa shape index (κ1) is 15.5. The number of piperidine rings is 1. The van der Waals surface area contributed by atoms with Gasteiger partial charge in [0.15, 0.2) is 6.23 Å². The van der Waals surface area contributed by atoms with Crippen molar-refractivity contribution in [1.82, 2.24) is 10.2 Å². The Labute approximate surface area is 133 Å². The highest BCUT2D eigenvalue weighted by Gasteiger charge is 2.44. The highest BCUT2D eigenvalue weighted by molar-refractivity contribution is 6.06. The molecule has 1 aromatic rings. The highest BCUT2D eigenvalue weighted by atomic mass is 16.3. The molecule has 23 heavy (non-hydrogen) atoms. The van der Waals surface area contributed by atoms with Gasteiger partial charge in [-0.1, -0.05) is 13.0 Å². The molecule has 0 bridgehead atoms. The van der Waals surface area contributed by atoms with Crippen molar-refractivity contribution in [1.29, 1.82) is 0 Å². The van der Waals surface area contributed by atoms with Crippen LogP contribution in [0.1, 0.15) is 48.3 Å². The number of hydrogen-bond donors (Lipinski definition) is 3. The number of hydrogen-bond acceptors (Lipinski definition) is 5. The number of aliphatic hydroxyl groups excluding tert-OH is 1. The Morgan fingerprint density at radius 3 is 2.83 bits per heavy atom. The Morgan fingerprint density at radius 1 is 1.35 bits per heavy atom. The molecule has 0 saturated carbocycles. The maximum atomic E-state index is 12.6. The van der Waals surface area contributed by atoms with Crippen molar-refractivity contribution in [3.8, 4) is 0 Å². The Kier molecular flexibility index (Phi) is 4.04. The van der Waals surface area contributed by atoms with Crippen LogP contribution in [0.25, 0.3) is 0 Å². The molecule has 3 rings (SSSR count). The Balaban J connectivity index is 1.86. The molecule has 7 nitrogen and oxygen atoms in total. The van der Waals surface area contributed by atoms with Gasteiger partial charge in [0, 0.05) is 29.8 Å². The summed E-state index contributed by atoms with van der Waals surface area (Å²) in [6, 6.07) is 4.37. The Bertz CT molecular complexity index is 673. The fraction of sp³-hybridized carbons (Fsp3) is 0.438. The number of nitrogens with zero attached hydrogens (tertiary/aromatic N) is 1. The van der Waals surface area contributed by atoms with E-state index in [2.05, 4.69) is 10.6 Å². The van der Waals surface area contributed by atoms with Gasteiger partial charge in [-0.2, -0.15) is 0 Å². The summed E-state index contributed by atoms with van der Waals surface area (Å²) in [4.78, 5) is 37.0. The maximum Gasteiger partial charge on any atom is 0.257 e. The third-order valence-electron chi connectivity index (χ3n) is 4.18. The van der Waals surface area contributed by atoms with Gasteiger partial charge in [-0.25, -0.2) is 0 Å². The van der Waals surface area contributed by atoms with Gasteiger partial charge in [0.1, 0.15) is 6.04 Å². The lowest BCUT2D eigenvalue weighted by Crippen LogP contribution is -2.53. The lowest BCUT2D eigenvalue weighted by Gasteiger charge is -2.31. The number of nitrogens with one attached hydrogen (secondary N) is 2. The molecule has 0 radical (unpaired) electrons. The van der Waals surface area contributed by atoms with Crippen molar-refractivity contribution >= 4 is 23.4 Å². The summed E-state index contributed by atoms with van der Waals surface area (Å²) in [7, 11) is 0. The van der Waals surface area contributed by atoms with Gasteiger partial charge in [-0.15, -0.1) is 0 Å². The van der Waals surface area contributed by atoms with Crippen LogP contribution in [-0.2, 0) is 9.59 Å². The van der Waals surface area contributed by atoms with Crippen molar-refractivity contribution in [2.24, 2.45) is 0 Å². The van der Waals surface area contributed by atoms with Crippen LogP contribution in [0.4, 0.5) is 5.69 Å². The van der Waals surface area contributed by atoms with E-state index in [-0.39, 0.29) is 24.7 Å². The number of imide groups is 1. The van der Waals surface area contributed by atoms with Crippen LogP contribution in [0.5, 0.6) is 0 Å². The van der Waals surface area contributed by atoms with E-state index in [0.29, 0.717) is 11.1 Å². The van der Waals surface area contributed by atoms with Crippen LogP contribution in [0.3, 0.4) is 0 Å². The van der Waals surface area contributed by atoms with Crippen LogP contribution in [-0.4, -0.2) is 40.3 Å². The van der Waals surface area contributed by atoms with Crippen molar-refractivity contribution in [2.45, 2.75) is 38.5 Å². The zero-order chi connectivity index (χ0) is 16.6. The molecule has 122 valence electrons. The molecule has 0 aliphatic carbocycles. The number of aliphatic hydroxyl groups is 1. The highest BCUT2D eigenvalue weighted by Crippen LogP contribution is 2.36. The molecular weight excluding hydrogens is 298 g/mol. The summed E-state index contributed by atoms with van der Waals surface area (Å²) < 4.78 is 0. The third-order valence-corrected chi connectivity index (χ3v) is 4.18. The summed E-state index contributed by atoms with van der Waals surface area (Å²) in [6.07, 6.45) is 0.173. The standard InChI is InChI=1S/C16H19N3O4/c1-2-7-17-9-3-4-10-11(8-9)16(23)19(15(10)22)12-5-6-13(20)18-14(12)21/h3-4,8,12,15,17,22H,2,5-7H2,1H3,(H,18,20,21). The van der Waals surface area contributed by atoms with E-state index in [4.69, 9.17) is 0 Å². The summed E-state index contributed by atoms with van der Waals surface area (Å²) in [5.41, 5.74) is 1.68. The van der Waals surface area contributed by atoms with Crippen LogP contribution >= 0.6 is 0 Å². The number of anilines is 1. The van der Waals surface area contributed by atoms with E-state index in [1.54, 1.807) is 18.2 Å². The largest absolute Gasteiger partial charge is 0.385 e. The molecule has 1 aromatic carbocycles. The molecule has 2 aliphatic rings. The number of rotatable bonds is 4. The average molecular weight is 317 g/mol. The first-order chi connectivity index (χ1) is 11.0. The summed E-state index contributed by atoms with van der Waals surface area (Å²) in [6.45, 7) is 2.83. The van der Waals surface area contributed by atoms with E-state index >= 15 is 0 Å². The van der Waals surface area contributed by atoms with E-state index in [1.807, 2.05) is 6.92 Å². The van der Waals surface area contributed by atoms with Gasteiger partial charge in [0.2, 0.25) is 11.8 Å². The molecule has 2 aliphatic heterocycles. The van der Waals surface area contributed by atoms with Gasteiger partial charge in [0.05, 0.1) is 0 Å². The number of amides is 3. The van der Waals surface area contributed by atoms with E-state index in [9.17, 15) is 19.5 Å². The van der Waals surface area contributed by atoms with Crippen molar-refractivity contribution in [3.63, 3.8) is 0 Å². The van der Waals surface area contributed by atoms with Gasteiger partial charge >= 0.3 is 0 Å². The first-order valence-corrected chi connectivity index (χ1v) is 7.75. The van der Waals surface area contributed by atoms with Gasteiger partial charge in [-0.3, -0.25) is 24.6 Å². The molecule has 3 N–H and O–H groups in total. The van der Waals surface area contributed by atoms with Crippen molar-refractivity contribution in [3.05, 3.63) is 29.3 Å².